The molecule has 138 valence electrons. The van der Waals surface area contributed by atoms with E-state index in [1.807, 2.05) is 7.05 Å². The molecule has 5 heteroatoms. The molecule has 0 aromatic carbocycles. The smallest absolute Gasteiger partial charge is 0.317 e. The first-order valence-electron chi connectivity index (χ1n) is 9.92. The highest BCUT2D eigenvalue weighted by atomic mass is 16.5. The van der Waals surface area contributed by atoms with Crippen molar-refractivity contribution in [2.24, 2.45) is 5.92 Å². The van der Waals surface area contributed by atoms with Crippen LogP contribution in [0.2, 0.25) is 0 Å². The van der Waals surface area contributed by atoms with Gasteiger partial charge in [0.15, 0.2) is 0 Å². The second-order valence-electron chi connectivity index (χ2n) is 8.22. The van der Waals surface area contributed by atoms with Crippen molar-refractivity contribution in [1.29, 1.82) is 0 Å². The van der Waals surface area contributed by atoms with E-state index in [1.54, 1.807) is 4.90 Å². The summed E-state index contributed by atoms with van der Waals surface area (Å²) in [4.78, 5) is 14.3. The number of nitrogens with one attached hydrogen (secondary N) is 1. The zero-order valence-corrected chi connectivity index (χ0v) is 15.1. The fourth-order valence-corrected chi connectivity index (χ4v) is 4.82. The highest BCUT2D eigenvalue weighted by Crippen LogP contribution is 2.38. The van der Waals surface area contributed by atoms with Gasteiger partial charge in [0.2, 0.25) is 0 Å². The number of nitrogens with zero attached hydrogens (tertiary/aromatic N) is 1. The first-order chi connectivity index (χ1) is 11.6. The lowest BCUT2D eigenvalue weighted by Gasteiger charge is -2.44. The van der Waals surface area contributed by atoms with Crippen molar-refractivity contribution < 1.29 is 14.6 Å². The molecule has 2 saturated carbocycles. The summed E-state index contributed by atoms with van der Waals surface area (Å²) in [5, 5.41) is 13.3. The van der Waals surface area contributed by atoms with Gasteiger partial charge < -0.3 is 20.1 Å². The lowest BCUT2D eigenvalue weighted by molar-refractivity contribution is -0.108. The van der Waals surface area contributed by atoms with Gasteiger partial charge in [-0.15, -0.1) is 0 Å². The Labute approximate surface area is 146 Å². The molecule has 3 rings (SSSR count). The molecule has 1 spiro atoms. The third-order valence-electron chi connectivity index (χ3n) is 6.31. The van der Waals surface area contributed by atoms with Gasteiger partial charge in [-0.05, 0) is 38.5 Å². The summed E-state index contributed by atoms with van der Waals surface area (Å²) < 4.78 is 6.12. The van der Waals surface area contributed by atoms with Crippen LogP contribution in [0.25, 0.3) is 0 Å². The van der Waals surface area contributed by atoms with E-state index in [0.717, 1.165) is 51.6 Å². The van der Waals surface area contributed by atoms with Crippen LogP contribution in [-0.2, 0) is 4.74 Å². The molecule has 2 aliphatic carbocycles. The maximum Gasteiger partial charge on any atom is 0.317 e. The van der Waals surface area contributed by atoms with E-state index >= 15 is 0 Å². The van der Waals surface area contributed by atoms with Gasteiger partial charge >= 0.3 is 6.03 Å². The number of aliphatic hydroxyl groups is 1. The van der Waals surface area contributed by atoms with Gasteiger partial charge in [-0.3, -0.25) is 0 Å². The molecule has 0 bridgehead atoms. The van der Waals surface area contributed by atoms with Crippen molar-refractivity contribution in [3.05, 3.63) is 0 Å². The maximum atomic E-state index is 12.6. The van der Waals surface area contributed by atoms with Gasteiger partial charge in [0.05, 0.1) is 11.7 Å². The molecule has 3 fully saturated rings. The summed E-state index contributed by atoms with van der Waals surface area (Å²) in [6, 6.07) is 0.230. The topological polar surface area (TPSA) is 61.8 Å². The predicted octanol–water partition coefficient (Wildman–Crippen LogP) is 3.06. The summed E-state index contributed by atoms with van der Waals surface area (Å²) in [5.74, 6) is 0.230. The highest BCUT2D eigenvalue weighted by molar-refractivity contribution is 5.74. The van der Waals surface area contributed by atoms with Crippen molar-refractivity contribution in [3.8, 4) is 0 Å². The van der Waals surface area contributed by atoms with Crippen LogP contribution in [0.5, 0.6) is 0 Å². The Morgan fingerprint density at radius 2 is 1.92 bits per heavy atom. The van der Waals surface area contributed by atoms with E-state index in [4.69, 9.17) is 4.74 Å². The number of amides is 2. The van der Waals surface area contributed by atoms with E-state index in [2.05, 4.69) is 5.32 Å². The maximum absolute atomic E-state index is 12.6. The van der Waals surface area contributed by atoms with E-state index in [-0.39, 0.29) is 29.7 Å². The number of urea groups is 1. The lowest BCUT2D eigenvalue weighted by Crippen LogP contribution is -2.52. The third-order valence-corrected chi connectivity index (χ3v) is 6.31. The summed E-state index contributed by atoms with van der Waals surface area (Å²) in [6.07, 6.45) is 11.9. The molecule has 0 aromatic heterocycles. The minimum absolute atomic E-state index is 0.00522. The van der Waals surface area contributed by atoms with E-state index in [9.17, 15) is 9.90 Å². The van der Waals surface area contributed by atoms with E-state index in [0.29, 0.717) is 6.54 Å². The summed E-state index contributed by atoms with van der Waals surface area (Å²) in [7, 11) is 1.85. The molecule has 5 nitrogen and oxygen atoms in total. The van der Waals surface area contributed by atoms with Gasteiger partial charge in [-0.25, -0.2) is 4.79 Å². The number of hydrogen-bond acceptors (Lipinski definition) is 3. The molecular weight excluding hydrogens is 304 g/mol. The Morgan fingerprint density at radius 3 is 2.67 bits per heavy atom. The molecule has 3 atom stereocenters. The Kier molecular flexibility index (Phi) is 6.03. The molecule has 24 heavy (non-hydrogen) atoms. The van der Waals surface area contributed by atoms with Gasteiger partial charge in [0.1, 0.15) is 0 Å². The molecule has 0 radical (unpaired) electrons. The van der Waals surface area contributed by atoms with Crippen LogP contribution in [0, 0.1) is 5.92 Å². The average molecular weight is 338 g/mol. The Morgan fingerprint density at radius 1 is 1.17 bits per heavy atom. The Bertz CT molecular complexity index is 417. The quantitative estimate of drug-likeness (QED) is 0.831. The van der Waals surface area contributed by atoms with Crippen LogP contribution in [0.3, 0.4) is 0 Å². The number of ether oxygens (including phenoxy) is 1. The number of rotatable bonds is 3. The summed E-state index contributed by atoms with van der Waals surface area (Å²) >= 11 is 0. The largest absolute Gasteiger partial charge is 0.393 e. The van der Waals surface area contributed by atoms with Gasteiger partial charge in [0, 0.05) is 32.2 Å². The molecule has 2 amide bonds. The Hall–Kier alpha value is -0.810. The molecule has 1 aliphatic heterocycles. The number of carbonyl (C=O) groups is 1. The highest BCUT2D eigenvalue weighted by Gasteiger charge is 2.39. The third kappa shape index (κ3) is 4.42. The summed E-state index contributed by atoms with van der Waals surface area (Å²) in [6.45, 7) is 1.41. The fraction of sp³-hybridized carbons (Fsp3) is 0.947. The average Bonchev–Trinajstić information content (AvgIpc) is 2.57. The normalized spacial score (nSPS) is 33.2. The van der Waals surface area contributed by atoms with E-state index in [1.165, 1.54) is 25.7 Å². The standard InChI is InChI=1S/C19H34N2O3/c1-21(14-15-7-3-4-8-17(15)22)18(23)20-16-9-12-24-19(13-16)10-5-2-6-11-19/h15-17,22H,2-14H2,1H3,(H,20,23). The lowest BCUT2D eigenvalue weighted by atomic mass is 9.78. The molecule has 3 unspecified atom stereocenters. The van der Waals surface area contributed by atoms with Crippen LogP contribution in [0.1, 0.15) is 70.6 Å². The molecule has 3 aliphatic rings. The number of carbonyl (C=O) groups excluding carboxylic acids is 1. The van der Waals surface area contributed by atoms with Crippen molar-refractivity contribution in [3.63, 3.8) is 0 Å². The predicted molar refractivity (Wildman–Crippen MR) is 93.9 cm³/mol. The second-order valence-corrected chi connectivity index (χ2v) is 8.22. The van der Waals surface area contributed by atoms with Crippen molar-refractivity contribution in [2.45, 2.75) is 88.4 Å². The van der Waals surface area contributed by atoms with Crippen LogP contribution in [0.15, 0.2) is 0 Å². The second kappa shape index (κ2) is 8.05. The van der Waals surface area contributed by atoms with Crippen molar-refractivity contribution in [2.75, 3.05) is 20.2 Å². The van der Waals surface area contributed by atoms with E-state index < -0.39 is 0 Å². The zero-order chi connectivity index (χ0) is 17.0. The molecule has 1 heterocycles. The van der Waals surface area contributed by atoms with Crippen molar-refractivity contribution in [1.82, 2.24) is 10.2 Å². The SMILES string of the molecule is CN(CC1CCCCC1O)C(=O)NC1CCOC2(CCCCC2)C1. The minimum atomic E-state index is -0.248. The monoisotopic (exact) mass is 338 g/mol. The zero-order valence-electron chi connectivity index (χ0n) is 15.1. The molecular formula is C19H34N2O3. The number of aliphatic hydroxyl groups excluding tert-OH is 1. The fourth-order valence-electron chi connectivity index (χ4n) is 4.82. The number of hydrogen-bond donors (Lipinski definition) is 2. The van der Waals surface area contributed by atoms with Gasteiger partial charge in [-0.2, -0.15) is 0 Å². The van der Waals surface area contributed by atoms with Gasteiger partial charge in [0.25, 0.3) is 0 Å². The molecule has 0 aromatic rings. The first kappa shape index (κ1) is 18.0. The van der Waals surface area contributed by atoms with Crippen LogP contribution >= 0.6 is 0 Å². The van der Waals surface area contributed by atoms with Crippen LogP contribution < -0.4 is 5.32 Å². The Balaban J connectivity index is 1.48. The van der Waals surface area contributed by atoms with Gasteiger partial charge in [-0.1, -0.05) is 32.1 Å². The molecule has 2 N–H and O–H groups in total. The minimum Gasteiger partial charge on any atom is -0.393 e. The van der Waals surface area contributed by atoms with Crippen LogP contribution in [-0.4, -0.2) is 54.0 Å². The van der Waals surface area contributed by atoms with Crippen LogP contribution in [0.4, 0.5) is 4.79 Å². The summed E-state index contributed by atoms with van der Waals surface area (Å²) in [5.41, 5.74) is 0.0204. The van der Waals surface area contributed by atoms with Crippen molar-refractivity contribution >= 4 is 6.03 Å². The molecule has 1 saturated heterocycles. The first-order valence-corrected chi connectivity index (χ1v) is 9.92.